The number of ether oxygens (including phenoxy) is 1. The van der Waals surface area contributed by atoms with Crippen LogP contribution in [0.25, 0.3) is 0 Å². The third-order valence-electron chi connectivity index (χ3n) is 3.84. The van der Waals surface area contributed by atoms with Gasteiger partial charge in [0.05, 0.1) is 11.7 Å². The Morgan fingerprint density at radius 1 is 1.57 bits per heavy atom. The number of thioether (sulfide) groups is 1. The molecule has 0 radical (unpaired) electrons. The van der Waals surface area contributed by atoms with Gasteiger partial charge in [0.2, 0.25) is 5.17 Å². The number of hydrogen-bond acceptors (Lipinski definition) is 5. The van der Waals surface area contributed by atoms with Gasteiger partial charge in [-0.1, -0.05) is 11.8 Å². The predicted molar refractivity (Wildman–Crippen MR) is 86.2 cm³/mol. The molecule has 1 saturated heterocycles. The van der Waals surface area contributed by atoms with Crippen molar-refractivity contribution in [2.45, 2.75) is 25.8 Å². The Balaban J connectivity index is 2.37. The smallest absolute Gasteiger partial charge is 0.237 e. The lowest BCUT2D eigenvalue weighted by Crippen LogP contribution is -2.37. The molecule has 1 heterocycles. The highest BCUT2D eigenvalue weighted by Gasteiger charge is 2.20. The summed E-state index contributed by atoms with van der Waals surface area (Å²) >= 11 is 1.30. The summed E-state index contributed by atoms with van der Waals surface area (Å²) in [5.41, 5.74) is 0. The van der Waals surface area contributed by atoms with Crippen LogP contribution in [0.2, 0.25) is 0 Å². The first kappa shape index (κ1) is 18.2. The van der Waals surface area contributed by atoms with Gasteiger partial charge < -0.3 is 14.5 Å². The summed E-state index contributed by atoms with van der Waals surface area (Å²) in [6.07, 6.45) is 3.89. The summed E-state index contributed by atoms with van der Waals surface area (Å²) in [5, 5.41) is 13.7. The molecule has 1 aliphatic rings. The van der Waals surface area contributed by atoms with Gasteiger partial charge in [-0.05, 0) is 45.5 Å². The van der Waals surface area contributed by atoms with Crippen LogP contribution in [0.5, 0.6) is 0 Å². The minimum Gasteiger partial charge on any atom is -0.381 e. The van der Waals surface area contributed by atoms with E-state index in [4.69, 9.17) is 4.74 Å². The van der Waals surface area contributed by atoms with Gasteiger partial charge >= 0.3 is 0 Å². The number of nitrogens with zero attached hydrogens (tertiary/aromatic N) is 4. The molecule has 0 aromatic carbocycles. The van der Waals surface area contributed by atoms with Gasteiger partial charge in [0.25, 0.3) is 0 Å². The van der Waals surface area contributed by atoms with Crippen molar-refractivity contribution in [3.8, 4) is 0 Å². The third kappa shape index (κ3) is 6.62. The van der Waals surface area contributed by atoms with Crippen LogP contribution in [0.15, 0.2) is 5.10 Å². The number of hydrogen-bond donors (Lipinski definition) is 0. The molecule has 0 amide bonds. The average Bonchev–Trinajstić information content (AvgIpc) is 2.93. The fourth-order valence-electron chi connectivity index (χ4n) is 2.37. The Morgan fingerprint density at radius 2 is 2.29 bits per heavy atom. The van der Waals surface area contributed by atoms with Crippen molar-refractivity contribution < 1.29 is 9.77 Å². The van der Waals surface area contributed by atoms with E-state index in [1.807, 2.05) is 11.9 Å². The van der Waals surface area contributed by atoms with Crippen LogP contribution in [0.1, 0.15) is 19.8 Å². The van der Waals surface area contributed by atoms with E-state index in [9.17, 15) is 10.1 Å². The van der Waals surface area contributed by atoms with Crippen molar-refractivity contribution in [1.29, 1.82) is 0 Å². The van der Waals surface area contributed by atoms with Gasteiger partial charge in [0.15, 0.2) is 5.03 Å². The maximum atomic E-state index is 10.5. The molecule has 2 unspecified atom stereocenters. The molecule has 1 fully saturated rings. The van der Waals surface area contributed by atoms with Crippen molar-refractivity contribution in [2.24, 2.45) is 11.0 Å². The quantitative estimate of drug-likeness (QED) is 0.307. The van der Waals surface area contributed by atoms with E-state index in [-0.39, 0.29) is 6.04 Å². The zero-order valence-electron chi connectivity index (χ0n) is 13.3. The van der Waals surface area contributed by atoms with E-state index in [0.29, 0.717) is 11.1 Å². The largest absolute Gasteiger partial charge is 0.381 e. The zero-order valence-corrected chi connectivity index (χ0v) is 14.1. The summed E-state index contributed by atoms with van der Waals surface area (Å²) in [6.45, 7) is 5.83. The van der Waals surface area contributed by atoms with Gasteiger partial charge in [0.1, 0.15) is 0 Å². The maximum Gasteiger partial charge on any atom is 0.237 e. The molecule has 0 saturated carbocycles. The highest BCUT2D eigenvalue weighted by atomic mass is 32.2. The molecule has 0 aromatic heterocycles. The molecule has 21 heavy (non-hydrogen) atoms. The van der Waals surface area contributed by atoms with Crippen LogP contribution in [0, 0.1) is 16.0 Å². The molecule has 122 valence electrons. The SMILES string of the molecule is CSC(=N[N+](=O)[O-])N(C)C(C)CCN(C)CC1CCOC1. The van der Waals surface area contributed by atoms with Gasteiger partial charge in [-0.3, -0.25) is 0 Å². The normalized spacial score (nSPS) is 20.8. The molecule has 0 aliphatic carbocycles. The van der Waals surface area contributed by atoms with E-state index in [0.717, 1.165) is 39.1 Å². The molecule has 1 rings (SSSR count). The summed E-state index contributed by atoms with van der Waals surface area (Å²) < 4.78 is 5.39. The zero-order chi connectivity index (χ0) is 15.8. The van der Waals surface area contributed by atoms with E-state index in [1.165, 1.54) is 11.8 Å². The summed E-state index contributed by atoms with van der Waals surface area (Å²) in [4.78, 5) is 14.7. The van der Waals surface area contributed by atoms with Crippen molar-refractivity contribution in [1.82, 2.24) is 9.80 Å². The molecule has 1 aliphatic heterocycles. The molecule has 0 bridgehead atoms. The van der Waals surface area contributed by atoms with E-state index in [2.05, 4.69) is 24.0 Å². The van der Waals surface area contributed by atoms with Gasteiger partial charge in [-0.2, -0.15) is 0 Å². The van der Waals surface area contributed by atoms with Gasteiger partial charge in [-0.15, -0.1) is 0 Å². The lowest BCUT2D eigenvalue weighted by Gasteiger charge is -2.28. The Morgan fingerprint density at radius 3 is 2.81 bits per heavy atom. The average molecular weight is 318 g/mol. The maximum absolute atomic E-state index is 10.5. The fourth-order valence-corrected chi connectivity index (χ4v) is 2.99. The second-order valence-electron chi connectivity index (χ2n) is 5.56. The number of nitro groups is 1. The van der Waals surface area contributed by atoms with Crippen molar-refractivity contribution in [3.63, 3.8) is 0 Å². The number of amidine groups is 1. The Kier molecular flexibility index (Phi) is 7.98. The molecule has 7 nitrogen and oxygen atoms in total. The van der Waals surface area contributed by atoms with Crippen LogP contribution in [0.3, 0.4) is 0 Å². The first-order valence-electron chi connectivity index (χ1n) is 7.20. The van der Waals surface area contributed by atoms with Crippen LogP contribution >= 0.6 is 11.8 Å². The van der Waals surface area contributed by atoms with Crippen molar-refractivity contribution in [2.75, 3.05) is 46.7 Å². The minimum atomic E-state index is -0.638. The second kappa shape index (κ2) is 9.22. The lowest BCUT2D eigenvalue weighted by atomic mass is 10.1. The summed E-state index contributed by atoms with van der Waals surface area (Å²) in [7, 11) is 3.97. The highest BCUT2D eigenvalue weighted by Crippen LogP contribution is 2.14. The molecular weight excluding hydrogens is 292 g/mol. The third-order valence-corrected chi connectivity index (χ3v) is 4.57. The van der Waals surface area contributed by atoms with E-state index >= 15 is 0 Å². The van der Waals surface area contributed by atoms with Crippen LogP contribution in [0.4, 0.5) is 0 Å². The second-order valence-corrected chi connectivity index (χ2v) is 6.34. The van der Waals surface area contributed by atoms with Crippen LogP contribution < -0.4 is 0 Å². The summed E-state index contributed by atoms with van der Waals surface area (Å²) in [6, 6.07) is 0.207. The molecule has 2 atom stereocenters. The molecule has 0 aromatic rings. The number of hydrazone groups is 1. The topological polar surface area (TPSA) is 71.2 Å². The predicted octanol–water partition coefficient (Wildman–Crippen LogP) is 1.58. The molecule has 0 spiro atoms. The Labute approximate surface area is 130 Å². The molecule has 0 N–H and O–H groups in total. The number of rotatable bonds is 7. The van der Waals surface area contributed by atoms with Crippen molar-refractivity contribution >= 4 is 16.9 Å². The van der Waals surface area contributed by atoms with Crippen molar-refractivity contribution in [3.05, 3.63) is 10.1 Å². The Bertz CT molecular complexity index is 361. The molecule has 8 heteroatoms. The summed E-state index contributed by atoms with van der Waals surface area (Å²) in [5.74, 6) is 0.640. The van der Waals surface area contributed by atoms with E-state index < -0.39 is 5.03 Å². The van der Waals surface area contributed by atoms with Gasteiger partial charge in [-0.25, -0.2) is 10.1 Å². The molecular formula is C13H26N4O3S. The Hall–Kier alpha value is -0.860. The van der Waals surface area contributed by atoms with Crippen LogP contribution in [-0.4, -0.2) is 72.7 Å². The lowest BCUT2D eigenvalue weighted by molar-refractivity contribution is -0.485. The first-order chi connectivity index (χ1) is 9.93. The van der Waals surface area contributed by atoms with E-state index in [1.54, 1.807) is 6.26 Å². The first-order valence-corrected chi connectivity index (χ1v) is 8.42. The monoisotopic (exact) mass is 318 g/mol. The van der Waals surface area contributed by atoms with Gasteiger partial charge in [0, 0.05) is 26.2 Å². The van der Waals surface area contributed by atoms with Crippen LogP contribution in [-0.2, 0) is 4.74 Å². The minimum absolute atomic E-state index is 0.207. The fraction of sp³-hybridized carbons (Fsp3) is 0.923. The standard InChI is InChI=1S/C13H26N4O3S/c1-11(16(3)13(21-4)14-17(18)19)5-7-15(2)9-12-6-8-20-10-12/h11-12H,5-10H2,1-4H3. The highest BCUT2D eigenvalue weighted by molar-refractivity contribution is 8.13.